The number of rotatable bonds is 5. The summed E-state index contributed by atoms with van der Waals surface area (Å²) in [6, 6.07) is 6.37. The van der Waals surface area contributed by atoms with Crippen LogP contribution in [0.3, 0.4) is 0 Å². The number of aromatic amines is 1. The molecule has 31 heavy (non-hydrogen) atoms. The van der Waals surface area contributed by atoms with Gasteiger partial charge >= 0.3 is 0 Å². The first-order valence-electron chi connectivity index (χ1n) is 10.0. The van der Waals surface area contributed by atoms with Gasteiger partial charge in [-0.05, 0) is 36.3 Å². The van der Waals surface area contributed by atoms with Crippen LogP contribution in [0.4, 0.5) is 4.39 Å². The minimum atomic E-state index is -0.366. The quantitative estimate of drug-likeness (QED) is 0.643. The molecule has 1 aliphatic heterocycles. The molecule has 0 radical (unpaired) electrons. The van der Waals surface area contributed by atoms with Gasteiger partial charge in [0.15, 0.2) is 0 Å². The van der Waals surface area contributed by atoms with Gasteiger partial charge in [-0.25, -0.2) is 9.37 Å². The summed E-state index contributed by atoms with van der Waals surface area (Å²) in [4.78, 5) is 23.5. The van der Waals surface area contributed by atoms with Gasteiger partial charge in [0.25, 0.3) is 0 Å². The Labute approximate surface area is 185 Å². The third-order valence-electron chi connectivity index (χ3n) is 5.54. The van der Waals surface area contributed by atoms with Crippen molar-refractivity contribution in [2.24, 2.45) is 0 Å². The molecule has 0 fully saturated rings. The summed E-state index contributed by atoms with van der Waals surface area (Å²) < 4.78 is 19.4. The maximum Gasteiger partial charge on any atom is 0.236 e. The minimum absolute atomic E-state index is 0.0926. The molecule has 0 saturated carbocycles. The Morgan fingerprint density at radius 3 is 2.84 bits per heavy atom. The third kappa shape index (κ3) is 4.29. The Bertz CT molecular complexity index is 1170. The standard InChI is InChI=1S/C23H24ClFN4O2/c1-28(2)21(30)13-29-8-6-14(7-9-29)19-11-17-22(18(24)12-26-23(17)27-19)16-10-15(25)4-5-20(16)31-3/h4-6,10-12H,7-9,13H2,1-3H3,(H,26,27). The molecule has 162 valence electrons. The van der Waals surface area contributed by atoms with Gasteiger partial charge < -0.3 is 14.6 Å². The number of pyridine rings is 1. The van der Waals surface area contributed by atoms with Crippen LogP contribution in [-0.2, 0) is 4.79 Å². The van der Waals surface area contributed by atoms with Gasteiger partial charge in [0.05, 0.1) is 18.7 Å². The molecule has 3 aromatic rings. The fourth-order valence-corrected chi connectivity index (χ4v) is 4.06. The second-order valence-electron chi connectivity index (χ2n) is 7.77. The van der Waals surface area contributed by atoms with E-state index in [1.165, 1.54) is 12.1 Å². The molecule has 1 amide bonds. The highest BCUT2D eigenvalue weighted by atomic mass is 35.5. The van der Waals surface area contributed by atoms with Crippen LogP contribution in [0.1, 0.15) is 12.1 Å². The number of carbonyl (C=O) groups excluding carboxylic acids is 1. The molecule has 8 heteroatoms. The van der Waals surface area contributed by atoms with Crippen LogP contribution >= 0.6 is 11.6 Å². The number of amides is 1. The summed E-state index contributed by atoms with van der Waals surface area (Å²) in [5, 5.41) is 1.23. The smallest absolute Gasteiger partial charge is 0.236 e. The highest BCUT2D eigenvalue weighted by Gasteiger charge is 2.20. The van der Waals surface area contributed by atoms with Gasteiger partial charge in [-0.2, -0.15) is 0 Å². The van der Waals surface area contributed by atoms with E-state index in [-0.39, 0.29) is 11.7 Å². The summed E-state index contributed by atoms with van der Waals surface area (Å²) in [6.07, 6.45) is 4.49. The molecule has 1 N–H and O–H groups in total. The number of likely N-dealkylation sites (N-methyl/N-ethyl adjacent to an activating group) is 1. The lowest BCUT2D eigenvalue weighted by Gasteiger charge is -2.26. The summed E-state index contributed by atoms with van der Waals surface area (Å²) in [5.41, 5.74) is 4.03. The lowest BCUT2D eigenvalue weighted by Crippen LogP contribution is -2.38. The van der Waals surface area contributed by atoms with Gasteiger partial charge in [-0.1, -0.05) is 17.7 Å². The van der Waals surface area contributed by atoms with Gasteiger partial charge in [-0.15, -0.1) is 0 Å². The number of benzene rings is 1. The van der Waals surface area contributed by atoms with Crippen LogP contribution in [0.5, 0.6) is 5.75 Å². The fourth-order valence-electron chi connectivity index (χ4n) is 3.80. The monoisotopic (exact) mass is 442 g/mol. The number of methoxy groups -OCH3 is 1. The molecule has 2 aromatic heterocycles. The first-order valence-corrected chi connectivity index (χ1v) is 10.4. The van der Waals surface area contributed by atoms with Crippen molar-refractivity contribution in [1.29, 1.82) is 0 Å². The number of aromatic nitrogens is 2. The van der Waals surface area contributed by atoms with E-state index < -0.39 is 0 Å². The molecule has 0 aliphatic carbocycles. The molecular formula is C23H24ClFN4O2. The SMILES string of the molecule is COc1ccc(F)cc1-c1c(Cl)cnc2[nH]c(C3=CCN(CC(=O)N(C)C)CC3)cc12. The normalized spacial score (nSPS) is 14.5. The van der Waals surface area contributed by atoms with Gasteiger partial charge in [0.1, 0.15) is 17.2 Å². The first kappa shape index (κ1) is 21.3. The molecule has 1 aromatic carbocycles. The second kappa shape index (κ2) is 8.69. The molecule has 0 spiro atoms. The van der Waals surface area contributed by atoms with E-state index in [0.29, 0.717) is 40.6 Å². The Morgan fingerprint density at radius 2 is 2.16 bits per heavy atom. The van der Waals surface area contributed by atoms with Crippen molar-refractivity contribution in [2.75, 3.05) is 40.8 Å². The lowest BCUT2D eigenvalue weighted by molar-refractivity contribution is -0.129. The molecule has 0 unspecified atom stereocenters. The van der Waals surface area contributed by atoms with E-state index >= 15 is 0 Å². The molecule has 0 bridgehead atoms. The van der Waals surface area contributed by atoms with Crippen molar-refractivity contribution in [3.05, 3.63) is 53.1 Å². The first-order chi connectivity index (χ1) is 14.9. The Kier molecular flexibility index (Phi) is 5.98. The number of halogens is 2. The van der Waals surface area contributed by atoms with Crippen LogP contribution < -0.4 is 4.74 Å². The van der Waals surface area contributed by atoms with Crippen LogP contribution in [0.25, 0.3) is 27.7 Å². The number of carbonyl (C=O) groups is 1. The van der Waals surface area contributed by atoms with Crippen LogP contribution in [0.15, 0.2) is 36.5 Å². The average Bonchev–Trinajstić information content (AvgIpc) is 3.18. The predicted molar refractivity (Wildman–Crippen MR) is 121 cm³/mol. The molecule has 6 nitrogen and oxygen atoms in total. The topological polar surface area (TPSA) is 61.5 Å². The van der Waals surface area contributed by atoms with E-state index in [4.69, 9.17) is 16.3 Å². The van der Waals surface area contributed by atoms with Crippen LogP contribution in [0, 0.1) is 5.82 Å². The van der Waals surface area contributed by atoms with Gasteiger partial charge in [0.2, 0.25) is 5.91 Å². The van der Waals surface area contributed by atoms with E-state index in [9.17, 15) is 9.18 Å². The summed E-state index contributed by atoms with van der Waals surface area (Å²) in [6.45, 7) is 1.90. The Balaban J connectivity index is 1.69. The Hall–Kier alpha value is -2.90. The van der Waals surface area contributed by atoms with Crippen molar-refractivity contribution in [1.82, 2.24) is 19.8 Å². The fraction of sp³-hybridized carbons (Fsp3) is 0.304. The molecule has 0 saturated heterocycles. The van der Waals surface area contributed by atoms with Crippen molar-refractivity contribution in [2.45, 2.75) is 6.42 Å². The van der Waals surface area contributed by atoms with E-state index in [1.807, 2.05) is 6.07 Å². The number of fused-ring (bicyclic) bond motifs is 1. The van der Waals surface area contributed by atoms with Crippen LogP contribution in [-0.4, -0.2) is 66.5 Å². The molecule has 3 heterocycles. The predicted octanol–water partition coefficient (Wildman–Crippen LogP) is 4.21. The number of hydrogen-bond acceptors (Lipinski definition) is 4. The second-order valence-corrected chi connectivity index (χ2v) is 8.18. The van der Waals surface area contributed by atoms with Crippen molar-refractivity contribution in [3.8, 4) is 16.9 Å². The van der Waals surface area contributed by atoms with Crippen molar-refractivity contribution < 1.29 is 13.9 Å². The Morgan fingerprint density at radius 1 is 1.35 bits per heavy atom. The number of hydrogen-bond donors (Lipinski definition) is 1. The summed E-state index contributed by atoms with van der Waals surface area (Å²) in [5.74, 6) is 0.265. The van der Waals surface area contributed by atoms with E-state index in [2.05, 4.69) is 20.9 Å². The van der Waals surface area contributed by atoms with Crippen molar-refractivity contribution in [3.63, 3.8) is 0 Å². The molecular weight excluding hydrogens is 419 g/mol. The average molecular weight is 443 g/mol. The van der Waals surface area contributed by atoms with Gasteiger partial charge in [-0.3, -0.25) is 9.69 Å². The zero-order valence-electron chi connectivity index (χ0n) is 17.7. The van der Waals surface area contributed by atoms with Crippen LogP contribution in [0.2, 0.25) is 5.02 Å². The highest BCUT2D eigenvalue weighted by molar-refractivity contribution is 6.35. The number of nitrogens with one attached hydrogen (secondary N) is 1. The van der Waals surface area contributed by atoms with E-state index in [0.717, 1.165) is 29.6 Å². The molecule has 0 atom stereocenters. The maximum atomic E-state index is 14.0. The maximum absolute atomic E-state index is 14.0. The number of H-pyrrole nitrogens is 1. The summed E-state index contributed by atoms with van der Waals surface area (Å²) >= 11 is 6.50. The lowest BCUT2D eigenvalue weighted by atomic mass is 10.0. The summed E-state index contributed by atoms with van der Waals surface area (Å²) in [7, 11) is 5.08. The zero-order chi connectivity index (χ0) is 22.1. The largest absolute Gasteiger partial charge is 0.496 e. The molecule has 4 rings (SSSR count). The highest BCUT2D eigenvalue weighted by Crippen LogP contribution is 2.40. The van der Waals surface area contributed by atoms with Gasteiger partial charge in [0, 0.05) is 55.6 Å². The van der Waals surface area contributed by atoms with Crippen molar-refractivity contribution >= 4 is 34.1 Å². The minimum Gasteiger partial charge on any atom is -0.496 e. The molecule has 1 aliphatic rings. The van der Waals surface area contributed by atoms with E-state index in [1.54, 1.807) is 38.4 Å². The zero-order valence-corrected chi connectivity index (χ0v) is 18.5. The number of ether oxygens (including phenoxy) is 1. The number of nitrogens with zero attached hydrogens (tertiary/aromatic N) is 3. The third-order valence-corrected chi connectivity index (χ3v) is 5.83.